The van der Waals surface area contributed by atoms with Gasteiger partial charge in [-0.3, -0.25) is 4.79 Å². The Morgan fingerprint density at radius 2 is 1.97 bits per heavy atom. The van der Waals surface area contributed by atoms with Crippen molar-refractivity contribution in [3.63, 3.8) is 0 Å². The number of alkyl halides is 2. The minimum absolute atomic E-state index is 0.141. The molecule has 0 unspecified atom stereocenters. The molecular weight excluding hydrogens is 392 g/mol. The van der Waals surface area contributed by atoms with E-state index in [0.29, 0.717) is 6.92 Å². The SMILES string of the molecule is [2H]c1nc(CN2CC([2H])([2H])Oc3c([2H])c([2H])c(-c4ccc(OC(C)(F)F)cc4)c([2H])c3C2=O)nc([2H])c1[2H]. The Kier molecular flexibility index (Phi) is 3.28. The average Bonchev–Trinajstić information content (AvgIpc) is 2.89. The van der Waals surface area contributed by atoms with E-state index in [2.05, 4.69) is 14.7 Å². The Balaban J connectivity index is 1.82. The molecule has 0 aliphatic carbocycles. The van der Waals surface area contributed by atoms with Gasteiger partial charge in [0.15, 0.2) is 0 Å². The van der Waals surface area contributed by atoms with Gasteiger partial charge in [-0.2, -0.15) is 8.78 Å². The standard InChI is InChI=1S/C22H19F2N3O3/c1-22(23,24)30-17-6-3-15(4-7-17)16-5-8-19-18(13-16)21(28)27(11-12-29-19)14-20-25-9-2-10-26-20/h2-10,13H,11-12,14H2,1H3/i2D,5D,8D,9D,10D,12D2,13D. The van der Waals surface area contributed by atoms with Crippen LogP contribution >= 0.6 is 0 Å². The van der Waals surface area contributed by atoms with Crippen LogP contribution in [0.2, 0.25) is 0 Å². The molecule has 0 spiro atoms. The predicted octanol–water partition coefficient (Wildman–Crippen LogP) is 4.17. The highest BCUT2D eigenvalue weighted by molar-refractivity contribution is 5.98. The third-order valence-electron chi connectivity index (χ3n) is 3.96. The number of fused-ring (bicyclic) bond motifs is 1. The van der Waals surface area contributed by atoms with Crippen molar-refractivity contribution in [2.24, 2.45) is 0 Å². The van der Waals surface area contributed by atoms with E-state index < -0.39 is 79.5 Å². The van der Waals surface area contributed by atoms with Crippen LogP contribution in [-0.2, 0) is 6.54 Å². The minimum Gasteiger partial charge on any atom is -0.491 e. The van der Waals surface area contributed by atoms with Gasteiger partial charge in [-0.25, -0.2) is 9.97 Å². The van der Waals surface area contributed by atoms with Crippen molar-refractivity contribution in [2.75, 3.05) is 13.1 Å². The van der Waals surface area contributed by atoms with Crippen LogP contribution in [0.1, 0.15) is 34.1 Å². The number of halogens is 2. The summed E-state index contributed by atoms with van der Waals surface area (Å²) in [6.07, 6.45) is -4.57. The molecule has 2 aromatic carbocycles. The topological polar surface area (TPSA) is 64.6 Å². The number of carbonyl (C=O) groups is 1. The summed E-state index contributed by atoms with van der Waals surface area (Å²) < 4.78 is 101. The van der Waals surface area contributed by atoms with Crippen molar-refractivity contribution in [2.45, 2.75) is 19.6 Å². The van der Waals surface area contributed by atoms with Crippen molar-refractivity contribution in [1.29, 1.82) is 0 Å². The summed E-state index contributed by atoms with van der Waals surface area (Å²) in [7, 11) is 0. The maximum atomic E-state index is 13.6. The van der Waals surface area contributed by atoms with E-state index in [9.17, 15) is 13.6 Å². The van der Waals surface area contributed by atoms with Crippen LogP contribution in [-0.4, -0.2) is 40.0 Å². The highest BCUT2D eigenvalue weighted by Crippen LogP contribution is 2.31. The maximum absolute atomic E-state index is 13.6. The Morgan fingerprint density at radius 1 is 1.23 bits per heavy atom. The molecule has 0 atom stereocenters. The van der Waals surface area contributed by atoms with E-state index in [1.165, 1.54) is 24.3 Å². The number of amides is 1. The molecule has 0 fully saturated rings. The number of ether oxygens (including phenoxy) is 2. The van der Waals surface area contributed by atoms with Gasteiger partial charge in [0.25, 0.3) is 5.91 Å². The first kappa shape index (κ1) is 12.2. The lowest BCUT2D eigenvalue weighted by Crippen LogP contribution is -2.32. The largest absolute Gasteiger partial charge is 0.491 e. The third kappa shape index (κ3) is 4.53. The normalized spacial score (nSPS) is 19.4. The quantitative estimate of drug-likeness (QED) is 0.621. The Bertz CT molecular complexity index is 1410. The third-order valence-corrected chi connectivity index (χ3v) is 3.96. The van der Waals surface area contributed by atoms with Crippen LogP contribution in [0.25, 0.3) is 11.1 Å². The average molecular weight is 419 g/mol. The van der Waals surface area contributed by atoms with Crippen molar-refractivity contribution in [1.82, 2.24) is 14.9 Å². The first-order chi connectivity index (χ1) is 17.6. The fourth-order valence-corrected chi connectivity index (χ4v) is 2.68. The van der Waals surface area contributed by atoms with Crippen LogP contribution < -0.4 is 9.47 Å². The van der Waals surface area contributed by atoms with Gasteiger partial charge in [0, 0.05) is 19.3 Å². The molecule has 154 valence electrons. The molecule has 0 radical (unpaired) electrons. The molecular formula is C22H19F2N3O3. The Morgan fingerprint density at radius 3 is 2.67 bits per heavy atom. The molecule has 0 bridgehead atoms. The van der Waals surface area contributed by atoms with E-state index in [1.807, 2.05) is 0 Å². The number of hydrogen-bond acceptors (Lipinski definition) is 5. The molecule has 30 heavy (non-hydrogen) atoms. The number of carbonyl (C=O) groups excluding carboxylic acids is 1. The molecule has 8 heteroatoms. The molecule has 1 amide bonds. The zero-order valence-corrected chi connectivity index (χ0v) is 15.5. The first-order valence-electron chi connectivity index (χ1n) is 12.7. The molecule has 0 saturated carbocycles. The second-order valence-electron chi connectivity index (χ2n) is 6.28. The molecule has 0 N–H and O–H groups in total. The van der Waals surface area contributed by atoms with Gasteiger partial charge in [-0.15, -0.1) is 0 Å². The van der Waals surface area contributed by atoms with E-state index in [-0.39, 0.29) is 22.7 Å². The summed E-state index contributed by atoms with van der Waals surface area (Å²) in [4.78, 5) is 22.0. The molecule has 6 nitrogen and oxygen atoms in total. The van der Waals surface area contributed by atoms with Crippen LogP contribution in [0.3, 0.4) is 0 Å². The summed E-state index contributed by atoms with van der Waals surface area (Å²) in [6, 6.07) is 2.60. The van der Waals surface area contributed by atoms with Gasteiger partial charge in [0.1, 0.15) is 23.9 Å². The summed E-state index contributed by atoms with van der Waals surface area (Å²) in [5.74, 6) is -1.98. The lowest BCUT2D eigenvalue weighted by Gasteiger charge is -2.19. The predicted molar refractivity (Wildman–Crippen MR) is 105 cm³/mol. The van der Waals surface area contributed by atoms with E-state index in [4.69, 9.17) is 15.7 Å². The van der Waals surface area contributed by atoms with Crippen LogP contribution in [0.5, 0.6) is 11.5 Å². The van der Waals surface area contributed by atoms with Crippen LogP contribution in [0.4, 0.5) is 8.78 Å². The molecule has 3 aromatic rings. The summed E-state index contributed by atoms with van der Waals surface area (Å²) >= 11 is 0. The number of benzene rings is 2. The second kappa shape index (κ2) is 8.06. The van der Waals surface area contributed by atoms with E-state index >= 15 is 0 Å². The number of rotatable bonds is 5. The lowest BCUT2D eigenvalue weighted by atomic mass is 10.0. The number of nitrogens with zero attached hydrogens (tertiary/aromatic N) is 3. The summed E-state index contributed by atoms with van der Waals surface area (Å²) in [6.45, 7) is -3.21. The summed E-state index contributed by atoms with van der Waals surface area (Å²) in [5, 5.41) is 0. The summed E-state index contributed by atoms with van der Waals surface area (Å²) in [5.41, 5.74) is -0.571. The molecule has 4 rings (SSSR count). The Hall–Kier alpha value is -3.55. The second-order valence-corrected chi connectivity index (χ2v) is 6.28. The molecule has 1 aliphatic rings. The molecule has 1 aliphatic heterocycles. The number of hydrogen-bond donors (Lipinski definition) is 0. The molecule has 1 aromatic heterocycles. The van der Waals surface area contributed by atoms with E-state index in [0.717, 1.165) is 4.90 Å². The van der Waals surface area contributed by atoms with Crippen LogP contribution in [0.15, 0.2) is 60.8 Å². The van der Waals surface area contributed by atoms with Crippen molar-refractivity contribution in [3.8, 4) is 22.6 Å². The minimum atomic E-state index is -3.44. The molecule has 2 heterocycles. The zero-order chi connectivity index (χ0) is 28.2. The zero-order valence-electron chi connectivity index (χ0n) is 23.5. The van der Waals surface area contributed by atoms with Gasteiger partial charge in [0.2, 0.25) is 0 Å². The van der Waals surface area contributed by atoms with E-state index in [1.54, 1.807) is 0 Å². The monoisotopic (exact) mass is 419 g/mol. The van der Waals surface area contributed by atoms with Gasteiger partial charge >= 0.3 is 6.11 Å². The maximum Gasteiger partial charge on any atom is 0.394 e. The van der Waals surface area contributed by atoms with Gasteiger partial charge in [-0.05, 0) is 41.4 Å². The van der Waals surface area contributed by atoms with Crippen LogP contribution in [0, 0.1) is 0 Å². The van der Waals surface area contributed by atoms with Gasteiger partial charge < -0.3 is 14.4 Å². The van der Waals surface area contributed by atoms with Crippen molar-refractivity contribution in [3.05, 3.63) is 72.2 Å². The highest BCUT2D eigenvalue weighted by Gasteiger charge is 2.25. The first-order valence-corrected chi connectivity index (χ1v) is 8.68. The highest BCUT2D eigenvalue weighted by atomic mass is 19.3. The Labute approximate surface area is 183 Å². The smallest absolute Gasteiger partial charge is 0.394 e. The number of aromatic nitrogens is 2. The fourth-order valence-electron chi connectivity index (χ4n) is 2.68. The lowest BCUT2D eigenvalue weighted by molar-refractivity contribution is -0.158. The fraction of sp³-hybridized carbons (Fsp3) is 0.227. The van der Waals surface area contributed by atoms with Crippen molar-refractivity contribution >= 4 is 5.91 Å². The van der Waals surface area contributed by atoms with Gasteiger partial charge in [-0.1, -0.05) is 18.2 Å². The van der Waals surface area contributed by atoms with Gasteiger partial charge in [0.05, 0.1) is 29.6 Å². The molecule has 0 saturated heterocycles. The van der Waals surface area contributed by atoms with Crippen molar-refractivity contribution < 1.29 is 34.0 Å².